The van der Waals surface area contributed by atoms with Crippen LogP contribution in [-0.4, -0.2) is 31.4 Å². The van der Waals surface area contributed by atoms with E-state index in [2.05, 4.69) is 9.47 Å². The van der Waals surface area contributed by atoms with E-state index in [4.69, 9.17) is 0 Å². The average Bonchev–Trinajstić information content (AvgIpc) is 2.76. The topological polar surface area (TPSA) is 69.7 Å². The Morgan fingerprint density at radius 2 is 2.06 bits per heavy atom. The number of esters is 2. The van der Waals surface area contributed by atoms with Crippen LogP contribution in [0.5, 0.6) is 0 Å². The zero-order valence-corrected chi connectivity index (χ0v) is 9.63. The molecule has 1 rings (SSSR count). The van der Waals surface area contributed by atoms with Gasteiger partial charge in [-0.2, -0.15) is 0 Å². The van der Waals surface area contributed by atoms with Gasteiger partial charge in [-0.15, -0.1) is 11.3 Å². The lowest BCUT2D eigenvalue weighted by Gasteiger charge is -2.01. The molecule has 16 heavy (non-hydrogen) atoms. The number of Topliss-reactive ketones (excluding diaryl/α,β-unsaturated/α-hetero) is 1. The highest BCUT2D eigenvalue weighted by molar-refractivity contribution is 7.12. The first-order valence-electron chi connectivity index (χ1n) is 4.49. The summed E-state index contributed by atoms with van der Waals surface area (Å²) in [6, 6.07) is 1.40. The van der Waals surface area contributed by atoms with Gasteiger partial charge in [-0.1, -0.05) is 0 Å². The molecule has 86 valence electrons. The predicted molar refractivity (Wildman–Crippen MR) is 56.6 cm³/mol. The number of carbonyl (C=O) groups is 3. The molecule has 6 heteroatoms. The molecule has 0 unspecified atom stereocenters. The minimum atomic E-state index is -0.967. The molecule has 1 heterocycles. The van der Waals surface area contributed by atoms with Gasteiger partial charge in [0.1, 0.15) is 4.88 Å². The number of ketones is 1. The molecule has 0 aliphatic rings. The van der Waals surface area contributed by atoms with Crippen LogP contribution in [0.1, 0.15) is 27.0 Å². The fraction of sp³-hybridized carbons (Fsp3) is 0.300. The standard InChI is InChI=1S/C10H10O5S/c1-3-15-9(12)7(11)6-4-5-16-8(6)10(13)14-2/h4-5H,3H2,1-2H3. The second-order valence-corrected chi connectivity index (χ2v) is 3.62. The van der Waals surface area contributed by atoms with Crippen LogP contribution in [-0.2, 0) is 14.3 Å². The zero-order valence-electron chi connectivity index (χ0n) is 8.81. The van der Waals surface area contributed by atoms with Gasteiger partial charge in [0, 0.05) is 0 Å². The molecule has 0 saturated heterocycles. The first-order chi connectivity index (χ1) is 7.61. The highest BCUT2D eigenvalue weighted by atomic mass is 32.1. The highest BCUT2D eigenvalue weighted by Crippen LogP contribution is 2.18. The van der Waals surface area contributed by atoms with Crippen molar-refractivity contribution in [2.75, 3.05) is 13.7 Å². The summed E-state index contributed by atoms with van der Waals surface area (Å²) in [4.78, 5) is 34.1. The van der Waals surface area contributed by atoms with Gasteiger partial charge in [0.15, 0.2) is 0 Å². The number of hydrogen-bond acceptors (Lipinski definition) is 6. The molecule has 0 N–H and O–H groups in total. The lowest BCUT2D eigenvalue weighted by atomic mass is 10.1. The third-order valence-corrected chi connectivity index (χ3v) is 2.64. The molecule has 0 bridgehead atoms. The Labute approximate surface area is 96.0 Å². The molecule has 0 radical (unpaired) electrons. The van der Waals surface area contributed by atoms with E-state index < -0.39 is 17.7 Å². The summed E-state index contributed by atoms with van der Waals surface area (Å²) in [6.07, 6.45) is 0. The van der Waals surface area contributed by atoms with Crippen LogP contribution in [0.3, 0.4) is 0 Å². The van der Waals surface area contributed by atoms with Gasteiger partial charge in [-0.05, 0) is 18.4 Å². The Bertz CT molecular complexity index is 421. The fourth-order valence-electron chi connectivity index (χ4n) is 1.05. The zero-order chi connectivity index (χ0) is 12.1. The van der Waals surface area contributed by atoms with Gasteiger partial charge < -0.3 is 9.47 Å². The highest BCUT2D eigenvalue weighted by Gasteiger charge is 2.25. The Morgan fingerprint density at radius 1 is 1.38 bits per heavy atom. The van der Waals surface area contributed by atoms with Crippen LogP contribution in [0.2, 0.25) is 0 Å². The molecule has 1 aromatic rings. The van der Waals surface area contributed by atoms with Crippen molar-refractivity contribution in [1.82, 2.24) is 0 Å². The first kappa shape index (κ1) is 12.4. The molecule has 0 aliphatic heterocycles. The van der Waals surface area contributed by atoms with E-state index in [1.165, 1.54) is 13.2 Å². The second-order valence-electron chi connectivity index (χ2n) is 2.70. The van der Waals surface area contributed by atoms with Gasteiger partial charge in [0.2, 0.25) is 0 Å². The van der Waals surface area contributed by atoms with Crippen LogP contribution in [0, 0.1) is 0 Å². The molecule has 0 fully saturated rings. The van der Waals surface area contributed by atoms with E-state index in [0.29, 0.717) is 0 Å². The van der Waals surface area contributed by atoms with Crippen molar-refractivity contribution in [3.63, 3.8) is 0 Å². The number of thiophene rings is 1. The van der Waals surface area contributed by atoms with Crippen molar-refractivity contribution in [3.05, 3.63) is 21.9 Å². The molecule has 5 nitrogen and oxygen atoms in total. The summed E-state index contributed by atoms with van der Waals surface area (Å²) in [6.45, 7) is 1.71. The van der Waals surface area contributed by atoms with E-state index in [1.807, 2.05) is 0 Å². The van der Waals surface area contributed by atoms with Crippen molar-refractivity contribution < 1.29 is 23.9 Å². The number of ether oxygens (including phenoxy) is 2. The third-order valence-electron chi connectivity index (χ3n) is 1.74. The normalized spacial score (nSPS) is 9.62. The van der Waals surface area contributed by atoms with Gasteiger partial charge >= 0.3 is 11.9 Å². The monoisotopic (exact) mass is 242 g/mol. The maximum Gasteiger partial charge on any atom is 0.379 e. The number of hydrogen-bond donors (Lipinski definition) is 0. The average molecular weight is 242 g/mol. The summed E-state index contributed by atoms with van der Waals surface area (Å²) in [5, 5.41) is 1.54. The van der Waals surface area contributed by atoms with E-state index in [9.17, 15) is 14.4 Å². The number of rotatable bonds is 4. The Balaban J connectivity index is 2.96. The largest absolute Gasteiger partial charge is 0.465 e. The summed E-state index contributed by atoms with van der Waals surface area (Å²) in [5.74, 6) is -2.43. The van der Waals surface area contributed by atoms with E-state index >= 15 is 0 Å². The van der Waals surface area contributed by atoms with Gasteiger partial charge in [-0.3, -0.25) is 4.79 Å². The predicted octanol–water partition coefficient (Wildman–Crippen LogP) is 1.28. The van der Waals surface area contributed by atoms with Crippen LogP contribution < -0.4 is 0 Å². The summed E-state index contributed by atoms with van der Waals surface area (Å²) in [5.41, 5.74) is 0.0234. The molecule has 0 saturated carbocycles. The quantitative estimate of drug-likeness (QED) is 0.452. The van der Waals surface area contributed by atoms with Crippen LogP contribution in [0.25, 0.3) is 0 Å². The second kappa shape index (κ2) is 5.41. The van der Waals surface area contributed by atoms with Gasteiger partial charge in [0.05, 0.1) is 19.3 Å². The number of methoxy groups -OCH3 is 1. The van der Waals surface area contributed by atoms with Crippen LogP contribution >= 0.6 is 11.3 Å². The molecule has 0 spiro atoms. The SMILES string of the molecule is CCOC(=O)C(=O)c1ccsc1C(=O)OC. The minimum Gasteiger partial charge on any atom is -0.465 e. The van der Waals surface area contributed by atoms with Crippen LogP contribution in [0.15, 0.2) is 11.4 Å². The number of carbonyl (C=O) groups excluding carboxylic acids is 3. The molecule has 0 atom stereocenters. The van der Waals surface area contributed by atoms with Gasteiger partial charge in [-0.25, -0.2) is 9.59 Å². The third kappa shape index (κ3) is 2.46. The maximum atomic E-state index is 11.6. The molecular formula is C10H10O5S. The van der Waals surface area contributed by atoms with Crippen molar-refractivity contribution >= 4 is 29.1 Å². The lowest BCUT2D eigenvalue weighted by molar-refractivity contribution is -0.137. The minimum absolute atomic E-state index is 0.0234. The molecular weight excluding hydrogens is 232 g/mol. The molecule has 1 aromatic heterocycles. The Kier molecular flexibility index (Phi) is 4.19. The summed E-state index contributed by atoms with van der Waals surface area (Å²) < 4.78 is 9.05. The Hall–Kier alpha value is -1.69. The van der Waals surface area contributed by atoms with E-state index in [-0.39, 0.29) is 17.0 Å². The Morgan fingerprint density at radius 3 is 2.62 bits per heavy atom. The lowest BCUT2D eigenvalue weighted by Crippen LogP contribution is -2.19. The van der Waals surface area contributed by atoms with E-state index in [1.54, 1.807) is 12.3 Å². The molecule has 0 aliphatic carbocycles. The molecule has 0 aromatic carbocycles. The smallest absolute Gasteiger partial charge is 0.379 e. The van der Waals surface area contributed by atoms with Crippen LogP contribution in [0.4, 0.5) is 0 Å². The van der Waals surface area contributed by atoms with Gasteiger partial charge in [0.25, 0.3) is 5.78 Å². The summed E-state index contributed by atoms with van der Waals surface area (Å²) in [7, 11) is 1.21. The molecule has 0 amide bonds. The van der Waals surface area contributed by atoms with Crippen molar-refractivity contribution in [1.29, 1.82) is 0 Å². The van der Waals surface area contributed by atoms with Crippen molar-refractivity contribution in [2.45, 2.75) is 6.92 Å². The fourth-order valence-corrected chi connectivity index (χ4v) is 1.85. The summed E-state index contributed by atoms with van der Waals surface area (Å²) >= 11 is 1.04. The first-order valence-corrected chi connectivity index (χ1v) is 5.37. The van der Waals surface area contributed by atoms with Crippen molar-refractivity contribution in [2.24, 2.45) is 0 Å². The van der Waals surface area contributed by atoms with Crippen molar-refractivity contribution in [3.8, 4) is 0 Å². The maximum absolute atomic E-state index is 11.6. The van der Waals surface area contributed by atoms with E-state index in [0.717, 1.165) is 11.3 Å².